The van der Waals surface area contributed by atoms with Crippen LogP contribution in [0.2, 0.25) is 0 Å². The van der Waals surface area contributed by atoms with Gasteiger partial charge in [-0.15, -0.1) is 6.42 Å². The van der Waals surface area contributed by atoms with Crippen LogP contribution in [0.15, 0.2) is 72.8 Å². The van der Waals surface area contributed by atoms with Crippen LogP contribution in [0.25, 0.3) is 0 Å². The van der Waals surface area contributed by atoms with Gasteiger partial charge in [-0.05, 0) is 75.8 Å². The fraction of sp³-hybridized carbons (Fsp3) is 0.343. The highest BCUT2D eigenvalue weighted by molar-refractivity contribution is 6.00. The molecule has 218 valence electrons. The average Bonchev–Trinajstić information content (AvgIpc) is 3.78. The lowest BCUT2D eigenvalue weighted by Gasteiger charge is -2.35. The van der Waals surface area contributed by atoms with Crippen molar-refractivity contribution in [2.45, 2.75) is 77.6 Å². The van der Waals surface area contributed by atoms with Gasteiger partial charge in [-0.3, -0.25) is 9.59 Å². The second-order valence-electron chi connectivity index (χ2n) is 11.8. The standard InChI is InChI=1S/C35H39N3O4/c1-7-26-18-11-12-19-28(26)31(32(39)37-30-23(2)14-13-15-24(30)3)38(27-20-21-27)33(40)29(22-25-16-9-8-10-17-25)36-34(41)42-35(4,5)6/h1,8-19,27,29,31H,20-22H2,2-6H3,(H,36,41)(H,37,39). The summed E-state index contributed by atoms with van der Waals surface area (Å²) in [6, 6.07) is 20.2. The van der Waals surface area contributed by atoms with Crippen molar-refractivity contribution in [2.24, 2.45) is 0 Å². The fourth-order valence-electron chi connectivity index (χ4n) is 5.04. The Morgan fingerprint density at radius 1 is 0.952 bits per heavy atom. The molecular weight excluding hydrogens is 526 g/mol. The zero-order valence-corrected chi connectivity index (χ0v) is 24.9. The zero-order valence-electron chi connectivity index (χ0n) is 24.9. The number of carbonyl (C=O) groups is 3. The summed E-state index contributed by atoms with van der Waals surface area (Å²) < 4.78 is 5.52. The number of nitrogens with zero attached hydrogens (tertiary/aromatic N) is 1. The van der Waals surface area contributed by atoms with Gasteiger partial charge >= 0.3 is 6.09 Å². The molecule has 2 atom stereocenters. The number of rotatable bonds is 9. The minimum atomic E-state index is -1.02. The third kappa shape index (κ3) is 7.58. The van der Waals surface area contributed by atoms with E-state index in [-0.39, 0.29) is 24.3 Å². The highest BCUT2D eigenvalue weighted by Crippen LogP contribution is 2.37. The van der Waals surface area contributed by atoms with Gasteiger partial charge in [-0.2, -0.15) is 0 Å². The smallest absolute Gasteiger partial charge is 0.408 e. The topological polar surface area (TPSA) is 87.7 Å². The first-order chi connectivity index (χ1) is 20.0. The number of hydrogen-bond donors (Lipinski definition) is 2. The molecule has 7 nitrogen and oxygen atoms in total. The van der Waals surface area contributed by atoms with E-state index in [0.29, 0.717) is 16.8 Å². The van der Waals surface area contributed by atoms with Gasteiger partial charge < -0.3 is 20.3 Å². The quantitative estimate of drug-likeness (QED) is 0.307. The Bertz CT molecular complexity index is 1460. The van der Waals surface area contributed by atoms with Crippen LogP contribution < -0.4 is 10.6 Å². The normalized spacial score (nSPS) is 14.2. The first kappa shape index (κ1) is 30.4. The highest BCUT2D eigenvalue weighted by Gasteiger charge is 2.44. The SMILES string of the molecule is C#Cc1ccccc1C(C(=O)Nc1c(C)cccc1C)N(C(=O)C(Cc1ccccc1)NC(=O)OC(C)(C)C)C1CC1. The summed E-state index contributed by atoms with van der Waals surface area (Å²) in [7, 11) is 0. The lowest BCUT2D eigenvalue weighted by Crippen LogP contribution is -2.54. The number of aryl methyl sites for hydroxylation is 2. The van der Waals surface area contributed by atoms with E-state index in [1.165, 1.54) is 0 Å². The van der Waals surface area contributed by atoms with Gasteiger partial charge in [0.2, 0.25) is 5.91 Å². The first-order valence-corrected chi connectivity index (χ1v) is 14.3. The number of terminal acetylenes is 1. The molecule has 3 aromatic rings. The van der Waals surface area contributed by atoms with Crippen LogP contribution in [0.4, 0.5) is 10.5 Å². The largest absolute Gasteiger partial charge is 0.444 e. The number of ether oxygens (including phenoxy) is 1. The van der Waals surface area contributed by atoms with Crippen LogP contribution in [-0.4, -0.2) is 40.5 Å². The van der Waals surface area contributed by atoms with E-state index in [2.05, 4.69) is 16.6 Å². The predicted molar refractivity (Wildman–Crippen MR) is 165 cm³/mol. The number of amides is 3. The molecule has 0 spiro atoms. The molecule has 2 N–H and O–H groups in total. The average molecular weight is 566 g/mol. The molecule has 0 aliphatic heterocycles. The summed E-state index contributed by atoms with van der Waals surface area (Å²) in [5, 5.41) is 5.90. The van der Waals surface area contributed by atoms with Crippen LogP contribution in [0.3, 0.4) is 0 Å². The molecule has 1 saturated carbocycles. The Morgan fingerprint density at radius 2 is 1.57 bits per heavy atom. The number of para-hydroxylation sites is 1. The number of benzene rings is 3. The van der Waals surface area contributed by atoms with Gasteiger partial charge in [0.15, 0.2) is 0 Å². The Morgan fingerprint density at radius 3 is 2.17 bits per heavy atom. The molecule has 0 aromatic heterocycles. The minimum absolute atomic E-state index is 0.184. The van der Waals surface area contributed by atoms with E-state index < -0.39 is 23.8 Å². The predicted octanol–water partition coefficient (Wildman–Crippen LogP) is 6.09. The summed E-state index contributed by atoms with van der Waals surface area (Å²) in [5.41, 5.74) is 3.71. The molecule has 1 aliphatic carbocycles. The number of alkyl carbamates (subject to hydrolysis) is 1. The number of hydrogen-bond acceptors (Lipinski definition) is 4. The Balaban J connectivity index is 1.78. The molecule has 3 amide bonds. The van der Waals surface area contributed by atoms with E-state index in [1.54, 1.807) is 37.8 Å². The molecule has 2 unspecified atom stereocenters. The maximum atomic E-state index is 14.6. The second kappa shape index (κ2) is 12.9. The Kier molecular flexibility index (Phi) is 9.37. The second-order valence-corrected chi connectivity index (χ2v) is 11.8. The van der Waals surface area contributed by atoms with Gasteiger partial charge in [0.1, 0.15) is 17.7 Å². The molecule has 0 bridgehead atoms. The van der Waals surface area contributed by atoms with Crippen molar-refractivity contribution in [2.75, 3.05) is 5.32 Å². The van der Waals surface area contributed by atoms with Gasteiger partial charge in [-0.1, -0.05) is 72.7 Å². The molecule has 1 aliphatic rings. The number of anilines is 1. The molecular formula is C35H39N3O4. The van der Waals surface area contributed by atoms with E-state index >= 15 is 0 Å². The van der Waals surface area contributed by atoms with Crippen molar-refractivity contribution in [1.29, 1.82) is 0 Å². The third-order valence-corrected chi connectivity index (χ3v) is 7.13. The monoisotopic (exact) mass is 565 g/mol. The fourth-order valence-corrected chi connectivity index (χ4v) is 5.04. The Labute approximate surface area is 248 Å². The van der Waals surface area contributed by atoms with Crippen LogP contribution in [-0.2, 0) is 20.7 Å². The minimum Gasteiger partial charge on any atom is -0.444 e. The summed E-state index contributed by atoms with van der Waals surface area (Å²) in [6.07, 6.45) is 6.89. The van der Waals surface area contributed by atoms with Crippen LogP contribution >= 0.6 is 0 Å². The summed E-state index contributed by atoms with van der Waals surface area (Å²) in [5.74, 6) is 1.95. The maximum absolute atomic E-state index is 14.6. The molecule has 7 heteroatoms. The summed E-state index contributed by atoms with van der Waals surface area (Å²) in [4.78, 5) is 43.4. The first-order valence-electron chi connectivity index (χ1n) is 14.3. The van der Waals surface area contributed by atoms with E-state index in [0.717, 1.165) is 29.5 Å². The van der Waals surface area contributed by atoms with Crippen LogP contribution in [0.5, 0.6) is 0 Å². The molecule has 3 aromatic carbocycles. The third-order valence-electron chi connectivity index (χ3n) is 7.13. The van der Waals surface area contributed by atoms with Crippen molar-refractivity contribution in [1.82, 2.24) is 10.2 Å². The van der Waals surface area contributed by atoms with Crippen molar-refractivity contribution >= 4 is 23.6 Å². The highest BCUT2D eigenvalue weighted by atomic mass is 16.6. The van der Waals surface area contributed by atoms with Crippen molar-refractivity contribution in [3.05, 3.63) is 101 Å². The van der Waals surface area contributed by atoms with Gasteiger partial charge in [-0.25, -0.2) is 4.79 Å². The van der Waals surface area contributed by atoms with Crippen LogP contribution in [0.1, 0.15) is 67.5 Å². The summed E-state index contributed by atoms with van der Waals surface area (Å²) >= 11 is 0. The van der Waals surface area contributed by atoms with Gasteiger partial charge in [0.05, 0.1) is 0 Å². The van der Waals surface area contributed by atoms with E-state index in [4.69, 9.17) is 11.2 Å². The number of carbonyl (C=O) groups excluding carboxylic acids is 3. The van der Waals surface area contributed by atoms with Crippen molar-refractivity contribution in [3.8, 4) is 12.3 Å². The zero-order chi connectivity index (χ0) is 30.4. The lowest BCUT2D eigenvalue weighted by atomic mass is 9.96. The molecule has 42 heavy (non-hydrogen) atoms. The van der Waals surface area contributed by atoms with Crippen molar-refractivity contribution < 1.29 is 19.1 Å². The maximum Gasteiger partial charge on any atom is 0.408 e. The molecule has 0 saturated heterocycles. The van der Waals surface area contributed by atoms with E-state index in [9.17, 15) is 14.4 Å². The van der Waals surface area contributed by atoms with Gasteiger partial charge in [0.25, 0.3) is 5.91 Å². The lowest BCUT2D eigenvalue weighted by molar-refractivity contribution is -0.141. The molecule has 4 rings (SSSR count). The Hall–Kier alpha value is -4.57. The molecule has 0 radical (unpaired) electrons. The van der Waals surface area contributed by atoms with Gasteiger partial charge in [0, 0.05) is 23.7 Å². The molecule has 0 heterocycles. The number of nitrogens with one attached hydrogen (secondary N) is 2. The summed E-state index contributed by atoms with van der Waals surface area (Å²) in [6.45, 7) is 9.15. The molecule has 1 fully saturated rings. The van der Waals surface area contributed by atoms with E-state index in [1.807, 2.05) is 74.5 Å². The van der Waals surface area contributed by atoms with Crippen molar-refractivity contribution in [3.63, 3.8) is 0 Å². The van der Waals surface area contributed by atoms with Crippen LogP contribution in [0, 0.1) is 26.2 Å².